The summed E-state index contributed by atoms with van der Waals surface area (Å²) in [6.45, 7) is 3.89. The first-order chi connectivity index (χ1) is 9.06. The first-order valence-electron chi connectivity index (χ1n) is 5.55. The van der Waals surface area contributed by atoms with Gasteiger partial charge >= 0.3 is 0 Å². The molecule has 1 N–H and O–H groups in total. The predicted octanol–water partition coefficient (Wildman–Crippen LogP) is 2.26. The highest BCUT2D eigenvalue weighted by Crippen LogP contribution is 2.09. The van der Waals surface area contributed by atoms with E-state index in [1.54, 1.807) is 12.1 Å². The Balaban J connectivity index is 2.71. The first-order valence-corrected chi connectivity index (χ1v) is 6.35. The summed E-state index contributed by atoms with van der Waals surface area (Å²) < 4.78 is 5.09. The van der Waals surface area contributed by atoms with Crippen LogP contribution >= 0.6 is 15.9 Å². The third kappa shape index (κ3) is 5.13. The molecule has 1 rings (SSSR count). The highest BCUT2D eigenvalue weighted by atomic mass is 79.9. The van der Waals surface area contributed by atoms with Crippen molar-refractivity contribution >= 4 is 21.8 Å². The van der Waals surface area contributed by atoms with Gasteiger partial charge in [-0.3, -0.25) is 4.79 Å². The fourth-order valence-corrected chi connectivity index (χ4v) is 1.69. The van der Waals surface area contributed by atoms with Crippen LogP contribution in [0.4, 0.5) is 0 Å². The van der Waals surface area contributed by atoms with Crippen LogP contribution in [0.5, 0.6) is 0 Å². The van der Waals surface area contributed by atoms with Crippen LogP contribution < -0.4 is 5.32 Å². The van der Waals surface area contributed by atoms with E-state index in [0.717, 1.165) is 11.1 Å². The van der Waals surface area contributed by atoms with Gasteiger partial charge in [-0.25, -0.2) is 0 Å². The second-order valence-corrected chi connectivity index (χ2v) is 4.34. The lowest BCUT2D eigenvalue weighted by molar-refractivity contribution is 0.0685. The molecule has 1 atom stereocenters. The van der Waals surface area contributed by atoms with E-state index in [0.29, 0.717) is 5.56 Å². The van der Waals surface area contributed by atoms with Crippen molar-refractivity contribution in [2.24, 2.45) is 0 Å². The molecule has 0 saturated heterocycles. The Morgan fingerprint density at radius 2 is 2.05 bits per heavy atom. The van der Waals surface area contributed by atoms with Gasteiger partial charge in [0.15, 0.2) is 0 Å². The van der Waals surface area contributed by atoms with Gasteiger partial charge in [0.2, 0.25) is 6.23 Å². The van der Waals surface area contributed by atoms with Gasteiger partial charge in [0.1, 0.15) is 12.7 Å². The normalized spacial score (nSPS) is 10.8. The zero-order chi connectivity index (χ0) is 14.3. The number of halogens is 1. The van der Waals surface area contributed by atoms with Crippen LogP contribution in [0.2, 0.25) is 0 Å². The number of benzene rings is 1. The van der Waals surface area contributed by atoms with Crippen molar-refractivity contribution in [1.29, 1.82) is 5.26 Å². The maximum atomic E-state index is 12.0. The summed E-state index contributed by atoms with van der Waals surface area (Å²) >= 11 is 2.91. The summed E-state index contributed by atoms with van der Waals surface area (Å²) in [7, 11) is 0. The number of hydrogen-bond acceptors (Lipinski definition) is 3. The van der Waals surface area contributed by atoms with E-state index in [1.807, 2.05) is 26.0 Å². The predicted molar refractivity (Wildman–Crippen MR) is 75.4 cm³/mol. The lowest BCUT2D eigenvalue weighted by Crippen LogP contribution is -2.36. The van der Waals surface area contributed by atoms with Crippen LogP contribution in [0.15, 0.2) is 18.2 Å². The van der Waals surface area contributed by atoms with Crippen molar-refractivity contribution in [3.05, 3.63) is 34.9 Å². The molecule has 19 heavy (non-hydrogen) atoms. The molecule has 0 radical (unpaired) electrons. The monoisotopic (exact) mass is 320 g/mol. The molecule has 0 heterocycles. The summed E-state index contributed by atoms with van der Waals surface area (Å²) in [4.78, 5) is 14.4. The maximum absolute atomic E-state index is 12.0. The number of ether oxygens (including phenoxy) is 1. The number of carbonyl (C=O) groups excluding carboxylic acids is 1. The van der Waals surface area contributed by atoms with Gasteiger partial charge in [0.25, 0.3) is 5.91 Å². The molecule has 1 aromatic carbocycles. The maximum Gasteiger partial charge on any atom is 0.254 e. The summed E-state index contributed by atoms with van der Waals surface area (Å²) in [6.07, 6.45) is -1.01. The molecule has 1 unspecified atom stereocenters. The number of amides is 1. The smallest absolute Gasteiger partial charge is 0.254 e. The van der Waals surface area contributed by atoms with Crippen molar-refractivity contribution in [3.8, 4) is 16.8 Å². The number of nitrogens with one attached hydrogen (secondary N) is 1. The Hall–Kier alpha value is -1.82. The number of hydrogen-bond donors (Lipinski definition) is 1. The van der Waals surface area contributed by atoms with Gasteiger partial charge in [0.05, 0.1) is 0 Å². The number of aryl methyl sites for hydroxylation is 2. The van der Waals surface area contributed by atoms with Gasteiger partial charge in [-0.05, 0) is 30.8 Å². The van der Waals surface area contributed by atoms with Crippen LogP contribution in [0.3, 0.4) is 0 Å². The molecular formula is C14H13BrN2O2. The molecule has 0 saturated carbocycles. The summed E-state index contributed by atoms with van der Waals surface area (Å²) in [5, 5.41) is 11.4. The molecule has 4 nitrogen and oxygen atoms in total. The Labute approximate surface area is 120 Å². The van der Waals surface area contributed by atoms with E-state index >= 15 is 0 Å². The molecule has 0 spiro atoms. The highest BCUT2D eigenvalue weighted by Gasteiger charge is 2.13. The molecule has 0 aliphatic carbocycles. The number of carbonyl (C=O) groups is 1. The lowest BCUT2D eigenvalue weighted by atomic mass is 10.1. The zero-order valence-corrected chi connectivity index (χ0v) is 12.2. The summed E-state index contributed by atoms with van der Waals surface area (Å²) in [5.74, 6) is 2.24. The first kappa shape index (κ1) is 15.2. The van der Waals surface area contributed by atoms with Crippen LogP contribution in [0.25, 0.3) is 0 Å². The lowest BCUT2D eigenvalue weighted by Gasteiger charge is -2.11. The van der Waals surface area contributed by atoms with Crippen LogP contribution in [-0.4, -0.2) is 18.7 Å². The molecule has 0 bridgehead atoms. The SMILES string of the molecule is Cc1cc(C)cc(C(=O)NC(C#N)OCC#CBr)c1. The molecule has 0 aliphatic rings. The average molecular weight is 321 g/mol. The topological polar surface area (TPSA) is 62.1 Å². The van der Waals surface area contributed by atoms with Crippen molar-refractivity contribution in [2.45, 2.75) is 20.1 Å². The quantitative estimate of drug-likeness (QED) is 0.683. The van der Waals surface area contributed by atoms with E-state index in [4.69, 9.17) is 10.00 Å². The van der Waals surface area contributed by atoms with Gasteiger partial charge in [-0.2, -0.15) is 5.26 Å². The standard InChI is InChI=1S/C14H13BrN2O2/c1-10-6-11(2)8-12(7-10)14(18)17-13(9-16)19-5-3-4-15/h6-8,13H,5H2,1-2H3,(H,17,18). The molecule has 0 aromatic heterocycles. The zero-order valence-electron chi connectivity index (χ0n) is 10.7. The van der Waals surface area contributed by atoms with Gasteiger partial charge in [-0.1, -0.05) is 23.1 Å². The van der Waals surface area contributed by atoms with Gasteiger partial charge in [-0.15, -0.1) is 0 Å². The number of nitrogens with zero attached hydrogens (tertiary/aromatic N) is 1. The molecule has 1 aromatic rings. The Morgan fingerprint density at radius 1 is 1.42 bits per heavy atom. The van der Waals surface area contributed by atoms with Crippen molar-refractivity contribution < 1.29 is 9.53 Å². The average Bonchev–Trinajstić information content (AvgIpc) is 2.36. The third-order valence-electron chi connectivity index (χ3n) is 2.25. The number of rotatable bonds is 4. The Bertz CT molecular complexity index is 547. The fourth-order valence-electron chi connectivity index (χ4n) is 1.57. The fraction of sp³-hybridized carbons (Fsp3) is 0.286. The van der Waals surface area contributed by atoms with E-state index < -0.39 is 6.23 Å². The van der Waals surface area contributed by atoms with Crippen LogP contribution in [0.1, 0.15) is 21.5 Å². The molecular weight excluding hydrogens is 308 g/mol. The Kier molecular flexibility index (Phi) is 6.08. The minimum Gasteiger partial charge on any atom is -0.332 e. The van der Waals surface area contributed by atoms with Gasteiger partial charge in [0, 0.05) is 21.5 Å². The van der Waals surface area contributed by atoms with E-state index in [2.05, 4.69) is 32.0 Å². The summed E-state index contributed by atoms with van der Waals surface area (Å²) in [5.41, 5.74) is 2.49. The molecule has 1 amide bonds. The Morgan fingerprint density at radius 3 is 2.58 bits per heavy atom. The van der Waals surface area contributed by atoms with Gasteiger partial charge < -0.3 is 10.1 Å². The largest absolute Gasteiger partial charge is 0.332 e. The molecule has 0 fully saturated rings. The van der Waals surface area contributed by atoms with Crippen molar-refractivity contribution in [3.63, 3.8) is 0 Å². The second kappa shape index (κ2) is 7.58. The van der Waals surface area contributed by atoms with E-state index in [1.165, 1.54) is 0 Å². The second-order valence-electron chi connectivity index (χ2n) is 3.94. The van der Waals surface area contributed by atoms with Crippen molar-refractivity contribution in [1.82, 2.24) is 5.32 Å². The minimum atomic E-state index is -1.01. The van der Waals surface area contributed by atoms with Crippen molar-refractivity contribution in [2.75, 3.05) is 6.61 Å². The summed E-state index contributed by atoms with van der Waals surface area (Å²) in [6, 6.07) is 7.34. The third-order valence-corrected chi connectivity index (χ3v) is 2.53. The number of nitriles is 1. The van der Waals surface area contributed by atoms with Crippen LogP contribution in [0, 0.1) is 35.9 Å². The highest BCUT2D eigenvalue weighted by molar-refractivity contribution is 9.12. The van der Waals surface area contributed by atoms with Crippen LogP contribution in [-0.2, 0) is 4.74 Å². The molecule has 0 aliphatic heterocycles. The van der Waals surface area contributed by atoms with E-state index in [-0.39, 0.29) is 12.5 Å². The minimum absolute atomic E-state index is 0.0661. The molecule has 5 heteroatoms. The molecule has 98 valence electrons. The van der Waals surface area contributed by atoms with E-state index in [9.17, 15) is 4.79 Å².